The van der Waals surface area contributed by atoms with Gasteiger partial charge in [-0.05, 0) is 43.9 Å². The first kappa shape index (κ1) is 16.8. The van der Waals surface area contributed by atoms with Crippen LogP contribution in [0.15, 0.2) is 0 Å². The quantitative estimate of drug-likeness (QED) is 0.578. The summed E-state index contributed by atoms with van der Waals surface area (Å²) < 4.78 is 0. The van der Waals surface area contributed by atoms with Crippen LogP contribution in [0.25, 0.3) is 0 Å². The summed E-state index contributed by atoms with van der Waals surface area (Å²) >= 11 is 0. The van der Waals surface area contributed by atoms with Crippen molar-refractivity contribution < 1.29 is 14.7 Å². The van der Waals surface area contributed by atoms with Gasteiger partial charge in [-0.1, -0.05) is 13.8 Å². The van der Waals surface area contributed by atoms with E-state index in [4.69, 9.17) is 5.73 Å². The van der Waals surface area contributed by atoms with Gasteiger partial charge in [0.1, 0.15) is 6.04 Å². The van der Waals surface area contributed by atoms with Gasteiger partial charge in [0.2, 0.25) is 5.91 Å². The Hall–Kier alpha value is -1.30. The molecule has 3 amide bonds. The summed E-state index contributed by atoms with van der Waals surface area (Å²) in [5.41, 5.74) is 5.10. The van der Waals surface area contributed by atoms with Crippen LogP contribution in [-0.4, -0.2) is 35.7 Å². The fraction of sp³-hybridized carbons (Fsp3) is 0.857. The highest BCUT2D eigenvalue weighted by atomic mass is 16.3. The number of rotatable bonds is 6. The van der Waals surface area contributed by atoms with Gasteiger partial charge in [-0.15, -0.1) is 0 Å². The fourth-order valence-corrected chi connectivity index (χ4v) is 2.59. The standard InChI is InChI=1S/C14H27N3O3/c1-9(2)7-12(17-14(15)20)13(19)16-8-10-3-5-11(18)6-4-10/h9-12,18H,3-8H2,1-2H3,(H,16,19)(H3,15,17,20). The molecule has 0 radical (unpaired) electrons. The fourth-order valence-electron chi connectivity index (χ4n) is 2.59. The molecule has 6 heteroatoms. The number of aliphatic hydroxyl groups is 1. The summed E-state index contributed by atoms with van der Waals surface area (Å²) in [7, 11) is 0. The Morgan fingerprint density at radius 3 is 2.35 bits per heavy atom. The summed E-state index contributed by atoms with van der Waals surface area (Å²) in [6, 6.07) is -1.24. The smallest absolute Gasteiger partial charge is 0.312 e. The number of carbonyl (C=O) groups is 2. The minimum Gasteiger partial charge on any atom is -0.393 e. The molecule has 116 valence electrons. The van der Waals surface area contributed by atoms with Crippen molar-refractivity contribution in [2.45, 2.75) is 58.1 Å². The van der Waals surface area contributed by atoms with Crippen molar-refractivity contribution in [1.82, 2.24) is 10.6 Å². The molecule has 20 heavy (non-hydrogen) atoms. The maximum absolute atomic E-state index is 12.1. The molecular formula is C14H27N3O3. The van der Waals surface area contributed by atoms with Gasteiger partial charge in [-0.2, -0.15) is 0 Å². The van der Waals surface area contributed by atoms with Gasteiger partial charge >= 0.3 is 6.03 Å². The zero-order valence-corrected chi connectivity index (χ0v) is 12.4. The molecule has 0 spiro atoms. The molecule has 6 nitrogen and oxygen atoms in total. The molecular weight excluding hydrogens is 258 g/mol. The van der Waals surface area contributed by atoms with E-state index in [1.54, 1.807) is 0 Å². The topological polar surface area (TPSA) is 104 Å². The van der Waals surface area contributed by atoms with Gasteiger partial charge in [-0.3, -0.25) is 4.79 Å². The number of primary amides is 1. The molecule has 5 N–H and O–H groups in total. The predicted octanol–water partition coefficient (Wildman–Crippen LogP) is 0.737. The maximum Gasteiger partial charge on any atom is 0.312 e. The molecule has 1 saturated carbocycles. The zero-order chi connectivity index (χ0) is 15.1. The van der Waals surface area contributed by atoms with E-state index in [1.165, 1.54) is 0 Å². The van der Waals surface area contributed by atoms with Crippen molar-refractivity contribution >= 4 is 11.9 Å². The first-order valence-corrected chi connectivity index (χ1v) is 7.40. The molecule has 0 aromatic rings. The molecule has 0 saturated heterocycles. The molecule has 1 atom stereocenters. The van der Waals surface area contributed by atoms with Gasteiger partial charge in [0.05, 0.1) is 6.10 Å². The number of nitrogens with two attached hydrogens (primary N) is 1. The Bertz CT molecular complexity index is 326. The molecule has 0 heterocycles. The first-order valence-electron chi connectivity index (χ1n) is 7.40. The van der Waals surface area contributed by atoms with Crippen LogP contribution < -0.4 is 16.4 Å². The summed E-state index contributed by atoms with van der Waals surface area (Å²) in [5.74, 6) is 0.529. The average molecular weight is 285 g/mol. The Kier molecular flexibility index (Phi) is 6.78. The van der Waals surface area contributed by atoms with Gasteiger partial charge in [-0.25, -0.2) is 4.79 Å². The minimum atomic E-state index is -0.674. The van der Waals surface area contributed by atoms with E-state index in [2.05, 4.69) is 10.6 Å². The van der Waals surface area contributed by atoms with Crippen LogP contribution in [0.5, 0.6) is 0 Å². The average Bonchev–Trinajstić information content (AvgIpc) is 2.36. The highest BCUT2D eigenvalue weighted by molar-refractivity contribution is 5.86. The van der Waals surface area contributed by atoms with Crippen molar-refractivity contribution in [1.29, 1.82) is 0 Å². The lowest BCUT2D eigenvalue weighted by Crippen LogP contribution is -2.50. The number of hydrogen-bond donors (Lipinski definition) is 4. The molecule has 0 bridgehead atoms. The maximum atomic E-state index is 12.1. The summed E-state index contributed by atoms with van der Waals surface area (Å²) in [4.78, 5) is 23.0. The van der Waals surface area contributed by atoms with E-state index >= 15 is 0 Å². The number of urea groups is 1. The van der Waals surface area contributed by atoms with E-state index < -0.39 is 12.1 Å². The number of hydrogen-bond acceptors (Lipinski definition) is 3. The molecule has 1 aliphatic rings. The van der Waals surface area contributed by atoms with Crippen molar-refractivity contribution in [3.8, 4) is 0 Å². The first-order chi connectivity index (χ1) is 9.38. The summed E-state index contributed by atoms with van der Waals surface area (Å²) in [5, 5.41) is 14.8. The minimum absolute atomic E-state index is 0.177. The Morgan fingerprint density at radius 2 is 1.85 bits per heavy atom. The van der Waals surface area contributed by atoms with Gasteiger partial charge in [0, 0.05) is 6.54 Å². The molecule has 0 aromatic carbocycles. The van der Waals surface area contributed by atoms with Gasteiger partial charge in [0.15, 0.2) is 0 Å². The zero-order valence-electron chi connectivity index (χ0n) is 12.4. The molecule has 1 unspecified atom stereocenters. The SMILES string of the molecule is CC(C)CC(NC(N)=O)C(=O)NCC1CCC(O)CC1. The Labute approximate surface area is 120 Å². The van der Waals surface area contributed by atoms with Crippen LogP contribution in [0.1, 0.15) is 46.0 Å². The lowest BCUT2D eigenvalue weighted by molar-refractivity contribution is -0.123. The Morgan fingerprint density at radius 1 is 1.25 bits per heavy atom. The predicted molar refractivity (Wildman–Crippen MR) is 76.9 cm³/mol. The lowest BCUT2D eigenvalue weighted by Gasteiger charge is -2.26. The summed E-state index contributed by atoms with van der Waals surface area (Å²) in [6.07, 6.45) is 3.84. The number of amides is 3. The van der Waals surface area contributed by atoms with E-state index in [-0.39, 0.29) is 12.0 Å². The van der Waals surface area contributed by atoms with Gasteiger partial charge < -0.3 is 21.5 Å². The third-order valence-corrected chi connectivity index (χ3v) is 3.72. The molecule has 0 aliphatic heterocycles. The highest BCUT2D eigenvalue weighted by Gasteiger charge is 2.23. The van der Waals surface area contributed by atoms with Crippen LogP contribution in [0.2, 0.25) is 0 Å². The van der Waals surface area contributed by atoms with Crippen molar-refractivity contribution in [3.63, 3.8) is 0 Å². The van der Waals surface area contributed by atoms with Crippen molar-refractivity contribution in [3.05, 3.63) is 0 Å². The third-order valence-electron chi connectivity index (χ3n) is 3.72. The molecule has 1 fully saturated rings. The molecule has 0 aromatic heterocycles. The number of carbonyl (C=O) groups excluding carboxylic acids is 2. The third kappa shape index (κ3) is 6.23. The van der Waals surface area contributed by atoms with Crippen LogP contribution in [0.4, 0.5) is 4.79 Å². The summed E-state index contributed by atoms with van der Waals surface area (Å²) in [6.45, 7) is 4.58. The molecule has 1 rings (SSSR count). The number of nitrogens with one attached hydrogen (secondary N) is 2. The highest BCUT2D eigenvalue weighted by Crippen LogP contribution is 2.23. The van der Waals surface area contributed by atoms with E-state index in [0.717, 1.165) is 25.7 Å². The largest absolute Gasteiger partial charge is 0.393 e. The second kappa shape index (κ2) is 8.09. The van der Waals surface area contributed by atoms with Crippen LogP contribution in [0.3, 0.4) is 0 Å². The Balaban J connectivity index is 2.38. The van der Waals surface area contributed by atoms with E-state index in [9.17, 15) is 14.7 Å². The van der Waals surface area contributed by atoms with Gasteiger partial charge in [0.25, 0.3) is 0 Å². The van der Waals surface area contributed by atoms with Crippen LogP contribution in [0, 0.1) is 11.8 Å². The van der Waals surface area contributed by atoms with Crippen LogP contribution in [-0.2, 0) is 4.79 Å². The number of aliphatic hydroxyl groups excluding tert-OH is 1. The van der Waals surface area contributed by atoms with E-state index in [1.807, 2.05) is 13.8 Å². The van der Waals surface area contributed by atoms with Crippen LogP contribution >= 0.6 is 0 Å². The second-order valence-corrected chi connectivity index (χ2v) is 6.11. The monoisotopic (exact) mass is 285 g/mol. The van der Waals surface area contributed by atoms with Crippen molar-refractivity contribution in [2.75, 3.05) is 6.54 Å². The lowest BCUT2D eigenvalue weighted by atomic mass is 9.87. The normalized spacial score (nSPS) is 24.2. The van der Waals surface area contributed by atoms with Crippen molar-refractivity contribution in [2.24, 2.45) is 17.6 Å². The molecule has 1 aliphatic carbocycles. The van der Waals surface area contributed by atoms with E-state index in [0.29, 0.717) is 24.8 Å². The second-order valence-electron chi connectivity index (χ2n) is 6.11.